The Morgan fingerprint density at radius 3 is 2.87 bits per heavy atom. The number of rotatable bonds is 5. The first-order valence-corrected chi connectivity index (χ1v) is 6.47. The summed E-state index contributed by atoms with van der Waals surface area (Å²) in [5, 5.41) is 0. The Balaban J connectivity index is 2.25. The molecule has 0 spiro atoms. The van der Waals surface area contributed by atoms with Gasteiger partial charge in [0.2, 0.25) is 0 Å². The monoisotopic (exact) mass is 211 g/mol. The van der Waals surface area contributed by atoms with Crippen LogP contribution in [-0.4, -0.2) is 19.0 Å². The zero-order valence-electron chi connectivity index (χ0n) is 10.3. The van der Waals surface area contributed by atoms with Crippen molar-refractivity contribution in [2.75, 3.05) is 7.11 Å². The van der Waals surface area contributed by atoms with Gasteiger partial charge in [-0.2, -0.15) is 0 Å². The van der Waals surface area contributed by atoms with Gasteiger partial charge in [-0.05, 0) is 19.3 Å². The van der Waals surface area contributed by atoms with Crippen LogP contribution in [0.1, 0.15) is 64.7 Å². The molecule has 88 valence electrons. The van der Waals surface area contributed by atoms with E-state index in [1.165, 1.54) is 51.4 Å². The molecular formula is C13H25NO. The van der Waals surface area contributed by atoms with E-state index in [-0.39, 0.29) is 0 Å². The van der Waals surface area contributed by atoms with E-state index in [9.17, 15) is 0 Å². The minimum Gasteiger partial charge on any atom is -0.484 e. The standard InChI is InChI=1S/C13H25NO/c1-3-4-5-6-9-12-10-7-8-11-13(14-12)15-2/h12H,3-11H2,1-2H3. The fourth-order valence-corrected chi connectivity index (χ4v) is 2.16. The van der Waals surface area contributed by atoms with Crippen molar-refractivity contribution in [2.45, 2.75) is 70.8 Å². The van der Waals surface area contributed by atoms with E-state index in [2.05, 4.69) is 11.9 Å². The first-order chi connectivity index (χ1) is 7.36. The van der Waals surface area contributed by atoms with Gasteiger partial charge in [0, 0.05) is 6.42 Å². The molecule has 0 aliphatic carbocycles. The molecule has 2 heteroatoms. The van der Waals surface area contributed by atoms with Crippen LogP contribution in [-0.2, 0) is 4.74 Å². The van der Waals surface area contributed by atoms with Crippen LogP contribution in [0.4, 0.5) is 0 Å². The van der Waals surface area contributed by atoms with E-state index in [0.29, 0.717) is 6.04 Å². The second kappa shape index (κ2) is 7.72. The molecule has 1 unspecified atom stereocenters. The molecule has 0 fully saturated rings. The number of ether oxygens (including phenoxy) is 1. The van der Waals surface area contributed by atoms with Crippen molar-refractivity contribution in [3.8, 4) is 0 Å². The van der Waals surface area contributed by atoms with Crippen LogP contribution in [0.3, 0.4) is 0 Å². The van der Waals surface area contributed by atoms with Crippen molar-refractivity contribution < 1.29 is 4.74 Å². The van der Waals surface area contributed by atoms with Crippen LogP contribution >= 0.6 is 0 Å². The van der Waals surface area contributed by atoms with Crippen LogP contribution in [0.5, 0.6) is 0 Å². The van der Waals surface area contributed by atoms with E-state index in [1.54, 1.807) is 7.11 Å². The molecule has 0 radical (unpaired) electrons. The number of hydrogen-bond acceptors (Lipinski definition) is 2. The predicted octanol–water partition coefficient (Wildman–Crippen LogP) is 3.94. The van der Waals surface area contributed by atoms with Gasteiger partial charge >= 0.3 is 0 Å². The molecule has 1 rings (SSSR count). The lowest BCUT2D eigenvalue weighted by atomic mass is 10.0. The largest absolute Gasteiger partial charge is 0.484 e. The average Bonchev–Trinajstić information content (AvgIpc) is 2.49. The molecule has 1 aliphatic heterocycles. The number of aliphatic imine (C=N–C) groups is 1. The Kier molecular flexibility index (Phi) is 6.45. The Morgan fingerprint density at radius 1 is 1.27 bits per heavy atom. The molecule has 0 aromatic heterocycles. The van der Waals surface area contributed by atoms with Gasteiger partial charge in [-0.15, -0.1) is 0 Å². The minimum absolute atomic E-state index is 0.541. The van der Waals surface area contributed by atoms with Crippen LogP contribution in [0.25, 0.3) is 0 Å². The second-order valence-corrected chi connectivity index (χ2v) is 4.48. The van der Waals surface area contributed by atoms with E-state index in [1.807, 2.05) is 0 Å². The van der Waals surface area contributed by atoms with Gasteiger partial charge in [-0.1, -0.05) is 39.0 Å². The topological polar surface area (TPSA) is 21.6 Å². The summed E-state index contributed by atoms with van der Waals surface area (Å²) in [7, 11) is 1.75. The number of unbranched alkanes of at least 4 members (excludes halogenated alkanes) is 3. The van der Waals surface area contributed by atoms with Gasteiger partial charge in [0.25, 0.3) is 0 Å². The second-order valence-electron chi connectivity index (χ2n) is 4.48. The molecule has 1 aliphatic rings. The summed E-state index contributed by atoms with van der Waals surface area (Å²) in [4.78, 5) is 4.69. The molecule has 1 heterocycles. The molecule has 0 N–H and O–H groups in total. The van der Waals surface area contributed by atoms with E-state index < -0.39 is 0 Å². The fourth-order valence-electron chi connectivity index (χ4n) is 2.16. The molecule has 2 nitrogen and oxygen atoms in total. The number of nitrogens with zero attached hydrogens (tertiary/aromatic N) is 1. The Morgan fingerprint density at radius 2 is 2.13 bits per heavy atom. The summed E-state index contributed by atoms with van der Waals surface area (Å²) in [6.45, 7) is 2.26. The van der Waals surface area contributed by atoms with Crippen molar-refractivity contribution >= 4 is 5.90 Å². The maximum absolute atomic E-state index is 5.28. The smallest absolute Gasteiger partial charge is 0.183 e. The third-order valence-electron chi connectivity index (χ3n) is 3.13. The van der Waals surface area contributed by atoms with Crippen molar-refractivity contribution in [1.82, 2.24) is 0 Å². The van der Waals surface area contributed by atoms with Crippen molar-refractivity contribution in [3.05, 3.63) is 0 Å². The molecule has 0 amide bonds. The summed E-state index contributed by atoms with van der Waals surface area (Å²) < 4.78 is 5.28. The van der Waals surface area contributed by atoms with E-state index in [0.717, 1.165) is 12.3 Å². The molecular weight excluding hydrogens is 186 g/mol. The molecule has 0 saturated heterocycles. The highest BCUT2D eigenvalue weighted by molar-refractivity contribution is 5.76. The molecule has 0 saturated carbocycles. The molecule has 1 atom stereocenters. The van der Waals surface area contributed by atoms with Gasteiger partial charge in [0.1, 0.15) is 0 Å². The lowest BCUT2D eigenvalue weighted by Gasteiger charge is -2.10. The third-order valence-corrected chi connectivity index (χ3v) is 3.13. The van der Waals surface area contributed by atoms with Gasteiger partial charge in [-0.3, -0.25) is 4.99 Å². The number of hydrogen-bond donors (Lipinski definition) is 0. The number of methoxy groups -OCH3 is 1. The molecule has 15 heavy (non-hydrogen) atoms. The SMILES string of the molecule is CCCCCCC1CCCCC(OC)=N1. The normalized spacial score (nSPS) is 22.0. The van der Waals surface area contributed by atoms with Crippen molar-refractivity contribution in [2.24, 2.45) is 4.99 Å². The fraction of sp³-hybridized carbons (Fsp3) is 0.923. The predicted molar refractivity (Wildman–Crippen MR) is 65.5 cm³/mol. The van der Waals surface area contributed by atoms with Crippen LogP contribution in [0, 0.1) is 0 Å². The van der Waals surface area contributed by atoms with Crippen LogP contribution in [0.15, 0.2) is 4.99 Å². The first-order valence-electron chi connectivity index (χ1n) is 6.47. The summed E-state index contributed by atoms with van der Waals surface area (Å²) in [6.07, 6.45) is 11.5. The van der Waals surface area contributed by atoms with Gasteiger partial charge in [0.05, 0.1) is 13.2 Å². The minimum atomic E-state index is 0.541. The van der Waals surface area contributed by atoms with Gasteiger partial charge < -0.3 is 4.74 Å². The maximum atomic E-state index is 5.28. The highest BCUT2D eigenvalue weighted by Gasteiger charge is 2.13. The molecule has 0 aromatic carbocycles. The maximum Gasteiger partial charge on any atom is 0.183 e. The zero-order valence-corrected chi connectivity index (χ0v) is 10.3. The van der Waals surface area contributed by atoms with Crippen LogP contribution < -0.4 is 0 Å². The summed E-state index contributed by atoms with van der Waals surface area (Å²) in [6, 6.07) is 0.541. The highest BCUT2D eigenvalue weighted by atomic mass is 16.5. The Bertz CT molecular complexity index is 189. The summed E-state index contributed by atoms with van der Waals surface area (Å²) in [5.41, 5.74) is 0. The van der Waals surface area contributed by atoms with Gasteiger partial charge in [-0.25, -0.2) is 0 Å². The van der Waals surface area contributed by atoms with Crippen molar-refractivity contribution in [1.29, 1.82) is 0 Å². The van der Waals surface area contributed by atoms with E-state index in [4.69, 9.17) is 4.74 Å². The lowest BCUT2D eigenvalue weighted by Crippen LogP contribution is -2.07. The Labute approximate surface area is 94.1 Å². The summed E-state index contributed by atoms with van der Waals surface area (Å²) >= 11 is 0. The molecule has 0 bridgehead atoms. The average molecular weight is 211 g/mol. The first kappa shape index (κ1) is 12.5. The van der Waals surface area contributed by atoms with Crippen molar-refractivity contribution in [3.63, 3.8) is 0 Å². The third kappa shape index (κ3) is 5.19. The Hall–Kier alpha value is -0.530. The lowest BCUT2D eigenvalue weighted by molar-refractivity contribution is 0.385. The zero-order chi connectivity index (χ0) is 10.9. The van der Waals surface area contributed by atoms with Crippen LogP contribution in [0.2, 0.25) is 0 Å². The highest BCUT2D eigenvalue weighted by Crippen LogP contribution is 2.19. The van der Waals surface area contributed by atoms with E-state index >= 15 is 0 Å². The molecule has 0 aromatic rings. The summed E-state index contributed by atoms with van der Waals surface area (Å²) in [5.74, 6) is 0.980. The van der Waals surface area contributed by atoms with Gasteiger partial charge in [0.15, 0.2) is 5.90 Å². The quantitative estimate of drug-likeness (QED) is 0.631.